The summed E-state index contributed by atoms with van der Waals surface area (Å²) in [4.78, 5) is 12.2. The van der Waals surface area contributed by atoms with Gasteiger partial charge in [-0.05, 0) is 26.7 Å². The van der Waals surface area contributed by atoms with Crippen LogP contribution < -0.4 is 11.1 Å². The van der Waals surface area contributed by atoms with Crippen molar-refractivity contribution < 1.29 is 13.2 Å². The molecule has 1 aliphatic rings. The Morgan fingerprint density at radius 3 is 2.55 bits per heavy atom. The minimum absolute atomic E-state index is 0. The van der Waals surface area contributed by atoms with E-state index in [2.05, 4.69) is 5.32 Å². The van der Waals surface area contributed by atoms with Crippen molar-refractivity contribution in [1.29, 1.82) is 0 Å². The molecule has 0 aromatic carbocycles. The summed E-state index contributed by atoms with van der Waals surface area (Å²) in [6.45, 7) is 5.24. The lowest BCUT2D eigenvalue weighted by atomic mass is 9.74. The highest BCUT2D eigenvalue weighted by atomic mass is 35.5. The summed E-state index contributed by atoms with van der Waals surface area (Å²) >= 11 is 0. The summed E-state index contributed by atoms with van der Waals surface area (Å²) in [5.41, 5.74) is 5.69. The molecule has 3 unspecified atom stereocenters. The molecule has 0 saturated heterocycles. The average molecular weight is 327 g/mol. The molecular weight excluding hydrogens is 300 g/mol. The van der Waals surface area contributed by atoms with E-state index in [1.165, 1.54) is 0 Å². The molecule has 7 heteroatoms. The zero-order valence-electron chi connectivity index (χ0n) is 12.5. The molecular formula is C13H27ClN2O3S. The molecule has 0 bridgehead atoms. The summed E-state index contributed by atoms with van der Waals surface area (Å²) in [5.74, 6) is -0.231. The van der Waals surface area contributed by atoms with E-state index in [9.17, 15) is 13.2 Å². The van der Waals surface area contributed by atoms with E-state index in [0.29, 0.717) is 0 Å². The molecule has 0 aromatic rings. The first-order chi connectivity index (χ1) is 8.68. The van der Waals surface area contributed by atoms with E-state index >= 15 is 0 Å². The van der Waals surface area contributed by atoms with E-state index in [1.807, 2.05) is 6.92 Å². The summed E-state index contributed by atoms with van der Waals surface area (Å²) in [6, 6.07) is -0.366. The molecule has 20 heavy (non-hydrogen) atoms. The maximum Gasteiger partial charge on any atom is 0.225 e. The lowest BCUT2D eigenvalue weighted by Crippen LogP contribution is -2.54. The van der Waals surface area contributed by atoms with Crippen LogP contribution >= 0.6 is 12.4 Å². The minimum atomic E-state index is -3.07. The Morgan fingerprint density at radius 2 is 2.05 bits per heavy atom. The predicted molar refractivity (Wildman–Crippen MR) is 83.7 cm³/mol. The minimum Gasteiger partial charge on any atom is -0.352 e. The van der Waals surface area contributed by atoms with Crippen molar-refractivity contribution in [2.24, 2.45) is 11.7 Å². The quantitative estimate of drug-likeness (QED) is 0.795. The molecule has 0 aromatic heterocycles. The maximum absolute atomic E-state index is 12.2. The lowest BCUT2D eigenvalue weighted by molar-refractivity contribution is -0.128. The van der Waals surface area contributed by atoms with Gasteiger partial charge in [-0.1, -0.05) is 19.8 Å². The van der Waals surface area contributed by atoms with Gasteiger partial charge in [0.05, 0.1) is 11.7 Å². The van der Waals surface area contributed by atoms with Gasteiger partial charge in [-0.15, -0.1) is 12.4 Å². The monoisotopic (exact) mass is 326 g/mol. The van der Waals surface area contributed by atoms with E-state index in [4.69, 9.17) is 5.73 Å². The molecule has 1 rings (SSSR count). The average Bonchev–Trinajstić information content (AvgIpc) is 2.27. The Balaban J connectivity index is 0.00000361. The van der Waals surface area contributed by atoms with Crippen LogP contribution in [0.15, 0.2) is 0 Å². The number of carbonyl (C=O) groups excluding carboxylic acids is 1. The fourth-order valence-corrected chi connectivity index (χ4v) is 3.75. The molecule has 120 valence electrons. The van der Waals surface area contributed by atoms with Crippen LogP contribution in [0.4, 0.5) is 0 Å². The number of carbonyl (C=O) groups is 1. The second-order valence-corrected chi connectivity index (χ2v) is 8.31. The van der Waals surface area contributed by atoms with Gasteiger partial charge in [0.1, 0.15) is 0 Å². The topological polar surface area (TPSA) is 89.3 Å². The molecule has 1 aliphatic carbocycles. The van der Waals surface area contributed by atoms with Crippen molar-refractivity contribution in [3.05, 3.63) is 0 Å². The predicted octanol–water partition coefficient (Wildman–Crippen LogP) is 1.26. The fraction of sp³-hybridized carbons (Fsp3) is 0.923. The van der Waals surface area contributed by atoms with Crippen LogP contribution in [-0.4, -0.2) is 37.4 Å². The highest BCUT2D eigenvalue weighted by molar-refractivity contribution is 7.91. The number of amides is 1. The summed E-state index contributed by atoms with van der Waals surface area (Å²) in [6.07, 6.45) is 3.68. The fourth-order valence-electron chi connectivity index (χ4n) is 2.67. The van der Waals surface area contributed by atoms with Gasteiger partial charge < -0.3 is 11.1 Å². The van der Waals surface area contributed by atoms with Crippen molar-refractivity contribution in [3.63, 3.8) is 0 Å². The van der Waals surface area contributed by atoms with Crippen LogP contribution in [0.25, 0.3) is 0 Å². The Bertz CT molecular complexity index is 423. The Hall–Kier alpha value is -0.330. The SMILES string of the molecule is CCS(=O)(=O)CC(C)NC(=O)C1CCCCC1(C)N.Cl. The number of nitrogens with two attached hydrogens (primary N) is 1. The van der Waals surface area contributed by atoms with Crippen molar-refractivity contribution in [1.82, 2.24) is 5.32 Å². The Labute approximate surface area is 128 Å². The molecule has 1 fully saturated rings. The van der Waals surface area contributed by atoms with Gasteiger partial charge in [-0.25, -0.2) is 8.42 Å². The Morgan fingerprint density at radius 1 is 1.45 bits per heavy atom. The molecule has 1 amide bonds. The summed E-state index contributed by atoms with van der Waals surface area (Å²) in [5, 5.41) is 2.80. The number of hydrogen-bond acceptors (Lipinski definition) is 4. The lowest BCUT2D eigenvalue weighted by Gasteiger charge is -2.37. The zero-order valence-corrected chi connectivity index (χ0v) is 14.1. The third-order valence-corrected chi connectivity index (χ3v) is 5.79. The molecule has 0 heterocycles. The van der Waals surface area contributed by atoms with Crippen LogP contribution in [-0.2, 0) is 14.6 Å². The number of hydrogen-bond donors (Lipinski definition) is 2. The zero-order chi connectivity index (χ0) is 14.7. The molecule has 1 saturated carbocycles. The number of nitrogens with one attached hydrogen (secondary N) is 1. The second-order valence-electron chi connectivity index (χ2n) is 5.91. The van der Waals surface area contributed by atoms with E-state index in [-0.39, 0.29) is 41.8 Å². The largest absolute Gasteiger partial charge is 0.352 e. The van der Waals surface area contributed by atoms with Crippen molar-refractivity contribution >= 4 is 28.2 Å². The van der Waals surface area contributed by atoms with Crippen LogP contribution in [0.1, 0.15) is 46.5 Å². The normalized spacial score (nSPS) is 28.3. The van der Waals surface area contributed by atoms with Gasteiger partial charge >= 0.3 is 0 Å². The summed E-state index contributed by atoms with van der Waals surface area (Å²) < 4.78 is 23.0. The number of halogens is 1. The number of rotatable bonds is 5. The van der Waals surface area contributed by atoms with Crippen LogP contribution in [0, 0.1) is 5.92 Å². The maximum atomic E-state index is 12.2. The van der Waals surface area contributed by atoms with Crippen LogP contribution in [0.3, 0.4) is 0 Å². The molecule has 0 radical (unpaired) electrons. The van der Waals surface area contributed by atoms with Gasteiger partial charge in [-0.3, -0.25) is 4.79 Å². The molecule has 5 nitrogen and oxygen atoms in total. The van der Waals surface area contributed by atoms with Crippen LogP contribution in [0.2, 0.25) is 0 Å². The van der Waals surface area contributed by atoms with Crippen molar-refractivity contribution in [3.8, 4) is 0 Å². The third-order valence-electron chi connectivity index (χ3n) is 3.90. The van der Waals surface area contributed by atoms with E-state index in [0.717, 1.165) is 25.7 Å². The molecule has 3 atom stereocenters. The van der Waals surface area contributed by atoms with E-state index < -0.39 is 15.4 Å². The second kappa shape index (κ2) is 7.61. The Kier molecular flexibility index (Phi) is 7.49. The van der Waals surface area contributed by atoms with Gasteiger partial charge in [0, 0.05) is 17.3 Å². The highest BCUT2D eigenvalue weighted by Gasteiger charge is 2.38. The van der Waals surface area contributed by atoms with E-state index in [1.54, 1.807) is 13.8 Å². The van der Waals surface area contributed by atoms with Gasteiger partial charge in [0.2, 0.25) is 5.91 Å². The van der Waals surface area contributed by atoms with Crippen LogP contribution in [0.5, 0.6) is 0 Å². The first kappa shape index (κ1) is 19.7. The first-order valence-electron chi connectivity index (χ1n) is 6.97. The smallest absolute Gasteiger partial charge is 0.225 e. The summed E-state index contributed by atoms with van der Waals surface area (Å²) in [7, 11) is -3.07. The van der Waals surface area contributed by atoms with Gasteiger partial charge in [0.15, 0.2) is 9.84 Å². The first-order valence-corrected chi connectivity index (χ1v) is 8.80. The number of sulfone groups is 1. The van der Waals surface area contributed by atoms with Gasteiger partial charge in [0.25, 0.3) is 0 Å². The van der Waals surface area contributed by atoms with Gasteiger partial charge in [-0.2, -0.15) is 0 Å². The van der Waals surface area contributed by atoms with Crippen molar-refractivity contribution in [2.75, 3.05) is 11.5 Å². The molecule has 3 N–H and O–H groups in total. The standard InChI is InChI=1S/C13H26N2O3S.ClH/c1-4-19(17,18)9-10(2)15-12(16)11-7-5-6-8-13(11,3)14;/h10-11H,4-9,14H2,1-3H3,(H,15,16);1H. The highest BCUT2D eigenvalue weighted by Crippen LogP contribution is 2.31. The molecule has 0 aliphatic heterocycles. The molecule has 0 spiro atoms. The van der Waals surface area contributed by atoms with Crippen molar-refractivity contribution in [2.45, 2.75) is 58.0 Å². The third kappa shape index (κ3) is 5.58.